The number of nitrogens with zero attached hydrogens (tertiary/aromatic N) is 1. The third-order valence-electron chi connectivity index (χ3n) is 3.69. The lowest BCUT2D eigenvalue weighted by Crippen LogP contribution is -2.24. The van der Waals surface area contributed by atoms with Gasteiger partial charge in [-0.1, -0.05) is 17.7 Å². The molecule has 0 bridgehead atoms. The molecule has 0 unspecified atom stereocenters. The van der Waals surface area contributed by atoms with Gasteiger partial charge in [-0.05, 0) is 56.0 Å². The van der Waals surface area contributed by atoms with Crippen LogP contribution in [0.25, 0.3) is 0 Å². The first-order chi connectivity index (χ1) is 8.06. The van der Waals surface area contributed by atoms with E-state index in [1.165, 1.54) is 11.1 Å². The molecule has 0 radical (unpaired) electrons. The molecule has 0 aromatic heterocycles. The Bertz CT molecular complexity index is 392. The summed E-state index contributed by atoms with van der Waals surface area (Å²) in [5, 5.41) is 10.4. The molecular formula is C14H20ClNO. The van der Waals surface area contributed by atoms with Crippen LogP contribution in [0.1, 0.15) is 24.5 Å². The number of hydrogen-bond acceptors (Lipinski definition) is 2. The molecular weight excluding hydrogens is 234 g/mol. The number of aryl methyl sites for hydroxylation is 1. The van der Waals surface area contributed by atoms with E-state index in [2.05, 4.69) is 17.9 Å². The Morgan fingerprint density at radius 2 is 2.29 bits per heavy atom. The second-order valence-corrected chi connectivity index (χ2v) is 5.53. The highest BCUT2D eigenvalue weighted by Crippen LogP contribution is 2.23. The maximum atomic E-state index is 9.58. The number of likely N-dealkylation sites (tertiary alicyclic amines) is 1. The van der Waals surface area contributed by atoms with E-state index in [0.29, 0.717) is 5.92 Å². The van der Waals surface area contributed by atoms with Gasteiger partial charge in [0.15, 0.2) is 0 Å². The van der Waals surface area contributed by atoms with Gasteiger partial charge in [-0.2, -0.15) is 0 Å². The second kappa shape index (κ2) is 5.38. The molecule has 3 heteroatoms. The van der Waals surface area contributed by atoms with Gasteiger partial charge < -0.3 is 5.11 Å². The minimum atomic E-state index is -0.189. The van der Waals surface area contributed by atoms with Crippen molar-refractivity contribution in [1.29, 1.82) is 0 Å². The van der Waals surface area contributed by atoms with Crippen LogP contribution in [0, 0.1) is 12.8 Å². The largest absolute Gasteiger partial charge is 0.393 e. The first-order valence-corrected chi connectivity index (χ1v) is 6.59. The van der Waals surface area contributed by atoms with E-state index in [0.717, 1.165) is 31.1 Å². The molecule has 0 aliphatic carbocycles. The van der Waals surface area contributed by atoms with Gasteiger partial charge in [-0.3, -0.25) is 4.90 Å². The highest BCUT2D eigenvalue weighted by molar-refractivity contribution is 6.30. The number of aliphatic hydroxyl groups excluding tert-OH is 1. The fraction of sp³-hybridized carbons (Fsp3) is 0.571. The summed E-state index contributed by atoms with van der Waals surface area (Å²) >= 11 is 5.95. The van der Waals surface area contributed by atoms with E-state index in [-0.39, 0.29) is 6.10 Å². The lowest BCUT2D eigenvalue weighted by molar-refractivity contribution is 0.127. The molecule has 94 valence electrons. The Kier molecular flexibility index (Phi) is 4.08. The maximum absolute atomic E-state index is 9.58. The summed E-state index contributed by atoms with van der Waals surface area (Å²) in [6.07, 6.45) is 0.913. The maximum Gasteiger partial charge on any atom is 0.0552 e. The predicted octanol–water partition coefficient (Wildman–Crippen LogP) is 2.85. The summed E-state index contributed by atoms with van der Waals surface area (Å²) in [6.45, 7) is 7.04. The van der Waals surface area contributed by atoms with Crippen molar-refractivity contribution >= 4 is 11.6 Å². The van der Waals surface area contributed by atoms with Gasteiger partial charge in [0, 0.05) is 18.1 Å². The Hall–Kier alpha value is -0.570. The minimum absolute atomic E-state index is 0.189. The van der Waals surface area contributed by atoms with Crippen molar-refractivity contribution < 1.29 is 5.11 Å². The normalized spacial score (nSPS) is 22.9. The van der Waals surface area contributed by atoms with Crippen LogP contribution >= 0.6 is 11.6 Å². The summed E-state index contributed by atoms with van der Waals surface area (Å²) in [4.78, 5) is 2.41. The minimum Gasteiger partial charge on any atom is -0.393 e. The van der Waals surface area contributed by atoms with Crippen molar-refractivity contribution in [3.05, 3.63) is 34.3 Å². The van der Waals surface area contributed by atoms with Crippen LogP contribution in [0.5, 0.6) is 0 Å². The first kappa shape index (κ1) is 12.9. The van der Waals surface area contributed by atoms with Gasteiger partial charge >= 0.3 is 0 Å². The summed E-state index contributed by atoms with van der Waals surface area (Å²) < 4.78 is 0. The quantitative estimate of drug-likeness (QED) is 0.896. The summed E-state index contributed by atoms with van der Waals surface area (Å²) in [5.41, 5.74) is 2.58. The zero-order chi connectivity index (χ0) is 12.4. The SMILES string of the molecule is Cc1cc(Cl)ccc1CN1CC[C@H]([C@H](C)O)C1. The van der Waals surface area contributed by atoms with Crippen molar-refractivity contribution in [3.63, 3.8) is 0 Å². The molecule has 0 saturated carbocycles. The van der Waals surface area contributed by atoms with Gasteiger partial charge in [-0.15, -0.1) is 0 Å². The molecule has 1 N–H and O–H groups in total. The molecule has 1 aromatic carbocycles. The van der Waals surface area contributed by atoms with Crippen LogP contribution < -0.4 is 0 Å². The van der Waals surface area contributed by atoms with E-state index in [1.54, 1.807) is 0 Å². The highest BCUT2D eigenvalue weighted by atomic mass is 35.5. The van der Waals surface area contributed by atoms with E-state index in [1.807, 2.05) is 19.1 Å². The zero-order valence-corrected chi connectivity index (χ0v) is 11.2. The number of halogens is 1. The topological polar surface area (TPSA) is 23.5 Å². The molecule has 1 heterocycles. The van der Waals surface area contributed by atoms with Gasteiger partial charge in [0.2, 0.25) is 0 Å². The third-order valence-corrected chi connectivity index (χ3v) is 3.92. The second-order valence-electron chi connectivity index (χ2n) is 5.10. The van der Waals surface area contributed by atoms with Crippen LogP contribution in [0.2, 0.25) is 5.02 Å². The Balaban J connectivity index is 1.98. The molecule has 1 aromatic rings. The molecule has 17 heavy (non-hydrogen) atoms. The number of aliphatic hydroxyl groups is 1. The van der Waals surface area contributed by atoms with E-state index < -0.39 is 0 Å². The van der Waals surface area contributed by atoms with Crippen LogP contribution in [0.15, 0.2) is 18.2 Å². The standard InChI is InChI=1S/C14H20ClNO/c1-10-7-14(15)4-3-12(10)8-16-6-5-13(9-16)11(2)17/h3-4,7,11,13,17H,5-6,8-9H2,1-2H3/t11-,13-/m0/s1. The Labute approximate surface area is 108 Å². The van der Waals surface area contributed by atoms with Gasteiger partial charge in [0.05, 0.1) is 6.10 Å². The van der Waals surface area contributed by atoms with E-state index in [9.17, 15) is 5.11 Å². The summed E-state index contributed by atoms with van der Waals surface area (Å²) in [5.74, 6) is 0.433. The smallest absolute Gasteiger partial charge is 0.0552 e. The molecule has 2 nitrogen and oxygen atoms in total. The molecule has 1 aliphatic heterocycles. The molecule has 2 rings (SSSR count). The molecule has 0 amide bonds. The van der Waals surface area contributed by atoms with Crippen LogP contribution in [0.3, 0.4) is 0 Å². The molecule has 0 spiro atoms. The lowest BCUT2D eigenvalue weighted by Gasteiger charge is -2.18. The van der Waals surface area contributed by atoms with Gasteiger partial charge in [0.25, 0.3) is 0 Å². The van der Waals surface area contributed by atoms with Crippen LogP contribution in [-0.2, 0) is 6.54 Å². The van der Waals surface area contributed by atoms with Crippen molar-refractivity contribution in [3.8, 4) is 0 Å². The average Bonchev–Trinajstić information content (AvgIpc) is 2.71. The summed E-state index contributed by atoms with van der Waals surface area (Å²) in [7, 11) is 0. The third kappa shape index (κ3) is 3.21. The molecule has 1 aliphatic rings. The van der Waals surface area contributed by atoms with Crippen LogP contribution in [-0.4, -0.2) is 29.2 Å². The van der Waals surface area contributed by atoms with Gasteiger partial charge in [0.1, 0.15) is 0 Å². The van der Waals surface area contributed by atoms with E-state index in [4.69, 9.17) is 11.6 Å². The fourth-order valence-corrected chi connectivity index (χ4v) is 2.70. The van der Waals surface area contributed by atoms with Crippen molar-refractivity contribution in [2.75, 3.05) is 13.1 Å². The van der Waals surface area contributed by atoms with Crippen LogP contribution in [0.4, 0.5) is 0 Å². The molecule has 2 atom stereocenters. The fourth-order valence-electron chi connectivity index (χ4n) is 2.48. The van der Waals surface area contributed by atoms with Gasteiger partial charge in [-0.25, -0.2) is 0 Å². The predicted molar refractivity (Wildman–Crippen MR) is 71.3 cm³/mol. The monoisotopic (exact) mass is 253 g/mol. The number of rotatable bonds is 3. The van der Waals surface area contributed by atoms with Crippen molar-refractivity contribution in [1.82, 2.24) is 4.90 Å². The zero-order valence-electron chi connectivity index (χ0n) is 10.5. The Morgan fingerprint density at radius 1 is 1.53 bits per heavy atom. The van der Waals surface area contributed by atoms with Crippen molar-refractivity contribution in [2.24, 2.45) is 5.92 Å². The van der Waals surface area contributed by atoms with Crippen molar-refractivity contribution in [2.45, 2.75) is 32.9 Å². The number of hydrogen-bond donors (Lipinski definition) is 1. The first-order valence-electron chi connectivity index (χ1n) is 6.21. The molecule has 1 saturated heterocycles. The Morgan fingerprint density at radius 3 is 2.88 bits per heavy atom. The highest BCUT2D eigenvalue weighted by Gasteiger charge is 2.25. The summed E-state index contributed by atoms with van der Waals surface area (Å²) in [6, 6.07) is 6.07. The molecule has 1 fully saturated rings. The van der Waals surface area contributed by atoms with E-state index >= 15 is 0 Å². The number of benzene rings is 1. The lowest BCUT2D eigenvalue weighted by atomic mass is 10.0. The average molecular weight is 254 g/mol.